The summed E-state index contributed by atoms with van der Waals surface area (Å²) >= 11 is 3.46. The lowest BCUT2D eigenvalue weighted by molar-refractivity contribution is 0.527. The van der Waals surface area contributed by atoms with E-state index >= 15 is 0 Å². The van der Waals surface area contributed by atoms with Crippen molar-refractivity contribution >= 4 is 27.6 Å². The molecule has 0 radical (unpaired) electrons. The number of rotatable bonds is 3. The Kier molecular flexibility index (Phi) is 4.54. The van der Waals surface area contributed by atoms with Gasteiger partial charge in [-0.15, -0.1) is 0 Å². The van der Waals surface area contributed by atoms with Crippen LogP contribution >= 0.6 is 15.9 Å². The van der Waals surface area contributed by atoms with E-state index in [4.69, 9.17) is 5.26 Å². The second kappa shape index (κ2) is 6.75. The Bertz CT molecular complexity index is 683. The number of nitriles is 1. The minimum absolute atomic E-state index is 0.325. The van der Waals surface area contributed by atoms with Gasteiger partial charge in [-0.25, -0.2) is 9.97 Å². The average molecular weight is 358 g/mol. The Morgan fingerprint density at radius 1 is 1.32 bits per heavy atom. The number of hydrogen-bond donors (Lipinski definition) is 1. The molecule has 1 aromatic carbocycles. The van der Waals surface area contributed by atoms with E-state index in [9.17, 15) is 0 Å². The molecule has 112 valence electrons. The van der Waals surface area contributed by atoms with Crippen LogP contribution < -0.4 is 10.2 Å². The van der Waals surface area contributed by atoms with Crippen molar-refractivity contribution < 1.29 is 0 Å². The van der Waals surface area contributed by atoms with E-state index in [1.807, 2.05) is 24.3 Å². The van der Waals surface area contributed by atoms with Crippen LogP contribution in [0.2, 0.25) is 0 Å². The molecule has 0 spiro atoms. The van der Waals surface area contributed by atoms with Gasteiger partial charge in [-0.05, 0) is 53.0 Å². The molecule has 1 aliphatic rings. The van der Waals surface area contributed by atoms with Crippen molar-refractivity contribution in [3.63, 3.8) is 0 Å². The van der Waals surface area contributed by atoms with Crippen molar-refractivity contribution in [1.82, 2.24) is 9.97 Å². The van der Waals surface area contributed by atoms with Crippen LogP contribution in [-0.4, -0.2) is 29.1 Å². The highest BCUT2D eigenvalue weighted by molar-refractivity contribution is 9.10. The molecular formula is C16H16BrN5. The predicted octanol–water partition coefficient (Wildman–Crippen LogP) is 3.19. The molecule has 1 N–H and O–H groups in total. The maximum Gasteiger partial charge on any atom is 0.222 e. The Labute approximate surface area is 138 Å². The molecule has 22 heavy (non-hydrogen) atoms. The summed E-state index contributed by atoms with van der Waals surface area (Å²) in [5.41, 5.74) is 1.79. The molecule has 1 aromatic heterocycles. The number of nitrogens with zero attached hydrogens (tertiary/aromatic N) is 4. The van der Waals surface area contributed by atoms with Gasteiger partial charge in [0.2, 0.25) is 5.95 Å². The first kappa shape index (κ1) is 14.8. The molecule has 1 aliphatic heterocycles. The lowest BCUT2D eigenvalue weighted by Crippen LogP contribution is -2.42. The molecule has 1 fully saturated rings. The number of piperidine rings is 1. The van der Waals surface area contributed by atoms with Crippen molar-refractivity contribution in [3.05, 3.63) is 46.7 Å². The first-order valence-corrected chi connectivity index (χ1v) is 8.04. The van der Waals surface area contributed by atoms with Crippen LogP contribution in [0.3, 0.4) is 0 Å². The molecule has 6 heteroatoms. The van der Waals surface area contributed by atoms with Crippen molar-refractivity contribution in [3.8, 4) is 6.07 Å². The Morgan fingerprint density at radius 2 is 2.14 bits per heavy atom. The molecule has 0 amide bonds. The number of aromatic nitrogens is 2. The average Bonchev–Trinajstić information content (AvgIpc) is 2.56. The number of halogens is 1. The fraction of sp³-hybridized carbons (Fsp3) is 0.312. The van der Waals surface area contributed by atoms with Gasteiger partial charge in [0.1, 0.15) is 6.07 Å². The van der Waals surface area contributed by atoms with Crippen LogP contribution in [0.25, 0.3) is 0 Å². The van der Waals surface area contributed by atoms with Gasteiger partial charge in [0.25, 0.3) is 0 Å². The van der Waals surface area contributed by atoms with Crippen molar-refractivity contribution in [2.75, 3.05) is 23.3 Å². The summed E-state index contributed by atoms with van der Waals surface area (Å²) in [4.78, 5) is 10.8. The van der Waals surface area contributed by atoms with Crippen LogP contribution in [0, 0.1) is 11.3 Å². The third kappa shape index (κ3) is 3.37. The SMILES string of the molecule is N#Cc1ccc(N2CCCC(Nc3ncccn3)C2)cc1Br. The number of hydrogen-bond acceptors (Lipinski definition) is 5. The summed E-state index contributed by atoms with van der Waals surface area (Å²) in [6, 6.07) is 10.2. The van der Waals surface area contributed by atoms with E-state index in [0.29, 0.717) is 17.6 Å². The van der Waals surface area contributed by atoms with E-state index in [1.165, 1.54) is 0 Å². The molecule has 3 rings (SSSR count). The summed E-state index contributed by atoms with van der Waals surface area (Å²) in [7, 11) is 0. The van der Waals surface area contributed by atoms with Gasteiger partial charge in [-0.3, -0.25) is 0 Å². The Morgan fingerprint density at radius 3 is 2.86 bits per heavy atom. The predicted molar refractivity (Wildman–Crippen MR) is 89.7 cm³/mol. The smallest absolute Gasteiger partial charge is 0.222 e. The summed E-state index contributed by atoms with van der Waals surface area (Å²) < 4.78 is 0.842. The normalized spacial score (nSPS) is 17.8. The van der Waals surface area contributed by atoms with Gasteiger partial charge < -0.3 is 10.2 Å². The molecule has 1 atom stereocenters. The standard InChI is InChI=1S/C16H16BrN5/c17-15-9-14(5-4-12(15)10-18)22-8-1-3-13(11-22)21-16-19-6-2-7-20-16/h2,4-7,9,13H,1,3,8,11H2,(H,19,20,21). The fourth-order valence-electron chi connectivity index (χ4n) is 2.68. The van der Waals surface area contributed by atoms with Crippen molar-refractivity contribution in [1.29, 1.82) is 5.26 Å². The molecule has 1 unspecified atom stereocenters. The van der Waals surface area contributed by atoms with E-state index in [1.54, 1.807) is 12.4 Å². The molecule has 2 aromatic rings. The number of anilines is 2. The lowest BCUT2D eigenvalue weighted by atomic mass is 10.0. The highest BCUT2D eigenvalue weighted by Crippen LogP contribution is 2.26. The molecule has 2 heterocycles. The molecule has 0 aliphatic carbocycles. The van der Waals surface area contributed by atoms with Gasteiger partial charge in [0, 0.05) is 41.7 Å². The van der Waals surface area contributed by atoms with E-state index in [0.717, 1.165) is 36.1 Å². The van der Waals surface area contributed by atoms with Gasteiger partial charge >= 0.3 is 0 Å². The minimum atomic E-state index is 0.325. The van der Waals surface area contributed by atoms with Crippen LogP contribution in [0.1, 0.15) is 18.4 Å². The monoisotopic (exact) mass is 357 g/mol. The largest absolute Gasteiger partial charge is 0.369 e. The molecule has 0 saturated carbocycles. The Hall–Kier alpha value is -2.13. The number of nitrogens with one attached hydrogen (secondary N) is 1. The first-order valence-electron chi connectivity index (χ1n) is 7.24. The second-order valence-corrected chi connectivity index (χ2v) is 6.13. The fourth-order valence-corrected chi connectivity index (χ4v) is 3.13. The summed E-state index contributed by atoms with van der Waals surface area (Å²) in [5, 5.41) is 12.4. The molecule has 5 nitrogen and oxygen atoms in total. The van der Waals surface area contributed by atoms with Crippen LogP contribution in [0.5, 0.6) is 0 Å². The highest BCUT2D eigenvalue weighted by Gasteiger charge is 2.21. The zero-order chi connectivity index (χ0) is 15.4. The van der Waals surface area contributed by atoms with Crippen molar-refractivity contribution in [2.45, 2.75) is 18.9 Å². The van der Waals surface area contributed by atoms with Crippen LogP contribution in [0.15, 0.2) is 41.1 Å². The topological polar surface area (TPSA) is 64.8 Å². The third-order valence-electron chi connectivity index (χ3n) is 3.76. The van der Waals surface area contributed by atoms with E-state index < -0.39 is 0 Å². The molecule has 1 saturated heterocycles. The zero-order valence-electron chi connectivity index (χ0n) is 12.0. The van der Waals surface area contributed by atoms with Crippen molar-refractivity contribution in [2.24, 2.45) is 0 Å². The molecule has 0 bridgehead atoms. The Balaban J connectivity index is 1.70. The zero-order valence-corrected chi connectivity index (χ0v) is 13.6. The van der Waals surface area contributed by atoms with Crippen LogP contribution in [-0.2, 0) is 0 Å². The highest BCUT2D eigenvalue weighted by atomic mass is 79.9. The van der Waals surface area contributed by atoms with Gasteiger partial charge in [-0.1, -0.05) is 0 Å². The van der Waals surface area contributed by atoms with Crippen LogP contribution in [0.4, 0.5) is 11.6 Å². The minimum Gasteiger partial charge on any atom is -0.369 e. The lowest BCUT2D eigenvalue weighted by Gasteiger charge is -2.35. The van der Waals surface area contributed by atoms with Gasteiger partial charge in [0.15, 0.2) is 0 Å². The summed E-state index contributed by atoms with van der Waals surface area (Å²) in [6.07, 6.45) is 5.70. The first-order chi connectivity index (χ1) is 10.8. The van der Waals surface area contributed by atoms with E-state index in [2.05, 4.69) is 42.2 Å². The summed E-state index contributed by atoms with van der Waals surface area (Å²) in [5.74, 6) is 0.676. The number of benzene rings is 1. The molecular weight excluding hydrogens is 342 g/mol. The third-order valence-corrected chi connectivity index (χ3v) is 4.41. The second-order valence-electron chi connectivity index (χ2n) is 5.28. The maximum absolute atomic E-state index is 9.01. The quantitative estimate of drug-likeness (QED) is 0.913. The maximum atomic E-state index is 9.01. The van der Waals surface area contributed by atoms with E-state index in [-0.39, 0.29) is 0 Å². The van der Waals surface area contributed by atoms with Gasteiger partial charge in [0.05, 0.1) is 5.56 Å². The van der Waals surface area contributed by atoms with Gasteiger partial charge in [-0.2, -0.15) is 5.26 Å². The summed E-state index contributed by atoms with van der Waals surface area (Å²) in [6.45, 7) is 1.92.